The van der Waals surface area contributed by atoms with E-state index >= 15 is 0 Å². The van der Waals surface area contributed by atoms with Crippen LogP contribution < -0.4 is 20.3 Å². The molecule has 0 spiro atoms. The predicted octanol–water partition coefficient (Wildman–Crippen LogP) is 2.30. The Labute approximate surface area is 187 Å². The zero-order chi connectivity index (χ0) is 22.5. The van der Waals surface area contributed by atoms with Gasteiger partial charge in [-0.1, -0.05) is 36.4 Å². The Morgan fingerprint density at radius 2 is 1.78 bits per heavy atom. The van der Waals surface area contributed by atoms with Gasteiger partial charge in [0.05, 0.1) is 25.8 Å². The molecular weight excluding hydrogens is 408 g/mol. The second-order valence-corrected chi connectivity index (χ2v) is 7.79. The molecule has 1 fully saturated rings. The molecular formula is C24H28N4O4. The summed E-state index contributed by atoms with van der Waals surface area (Å²) in [6, 6.07) is 16.6. The van der Waals surface area contributed by atoms with Crippen LogP contribution >= 0.6 is 0 Å². The fourth-order valence-corrected chi connectivity index (χ4v) is 4.18. The summed E-state index contributed by atoms with van der Waals surface area (Å²) in [5.41, 5.74) is 2.98. The predicted molar refractivity (Wildman–Crippen MR) is 122 cm³/mol. The number of carbonyl (C=O) groups excluding carboxylic acids is 2. The molecule has 0 aromatic heterocycles. The highest BCUT2D eigenvalue weighted by Gasteiger charge is 2.34. The number of urea groups is 1. The molecule has 2 aliphatic heterocycles. The van der Waals surface area contributed by atoms with Crippen molar-refractivity contribution in [2.24, 2.45) is 0 Å². The first-order valence-corrected chi connectivity index (χ1v) is 10.6. The maximum absolute atomic E-state index is 12.7. The van der Waals surface area contributed by atoms with Gasteiger partial charge >= 0.3 is 12.0 Å². The number of hydrogen-bond acceptors (Lipinski definition) is 6. The van der Waals surface area contributed by atoms with Crippen molar-refractivity contribution in [3.63, 3.8) is 0 Å². The average molecular weight is 437 g/mol. The highest BCUT2D eigenvalue weighted by Crippen LogP contribution is 2.28. The van der Waals surface area contributed by atoms with Gasteiger partial charge in [0.15, 0.2) is 0 Å². The fourth-order valence-electron chi connectivity index (χ4n) is 4.18. The SMILES string of the molecule is COC(=O)C1=C(CN2CCN(c3cccc(OC)c3)CC2)NC(=O)N[C@H]1c1ccccc1. The molecule has 32 heavy (non-hydrogen) atoms. The number of benzene rings is 2. The van der Waals surface area contributed by atoms with Crippen LogP contribution in [0.3, 0.4) is 0 Å². The summed E-state index contributed by atoms with van der Waals surface area (Å²) in [5, 5.41) is 5.70. The monoisotopic (exact) mass is 436 g/mol. The van der Waals surface area contributed by atoms with E-state index in [0.29, 0.717) is 17.8 Å². The van der Waals surface area contributed by atoms with Crippen LogP contribution in [0.25, 0.3) is 0 Å². The van der Waals surface area contributed by atoms with Crippen LogP contribution in [0.5, 0.6) is 5.75 Å². The minimum atomic E-state index is -0.550. The summed E-state index contributed by atoms with van der Waals surface area (Å²) in [4.78, 5) is 29.6. The first-order valence-electron chi connectivity index (χ1n) is 10.6. The Morgan fingerprint density at radius 1 is 1.03 bits per heavy atom. The van der Waals surface area contributed by atoms with Crippen LogP contribution in [0.1, 0.15) is 11.6 Å². The number of piperazine rings is 1. The van der Waals surface area contributed by atoms with Crippen molar-refractivity contribution in [3.8, 4) is 5.75 Å². The second-order valence-electron chi connectivity index (χ2n) is 7.79. The molecule has 2 heterocycles. The molecule has 8 nitrogen and oxygen atoms in total. The van der Waals surface area contributed by atoms with Crippen molar-refractivity contribution >= 4 is 17.7 Å². The van der Waals surface area contributed by atoms with E-state index in [1.54, 1.807) is 7.11 Å². The van der Waals surface area contributed by atoms with E-state index in [4.69, 9.17) is 9.47 Å². The van der Waals surface area contributed by atoms with Gasteiger partial charge in [-0.25, -0.2) is 9.59 Å². The van der Waals surface area contributed by atoms with Crippen molar-refractivity contribution in [1.82, 2.24) is 15.5 Å². The number of ether oxygens (including phenoxy) is 2. The van der Waals surface area contributed by atoms with E-state index in [1.165, 1.54) is 7.11 Å². The largest absolute Gasteiger partial charge is 0.497 e. The van der Waals surface area contributed by atoms with Crippen molar-refractivity contribution in [2.45, 2.75) is 6.04 Å². The Kier molecular flexibility index (Phi) is 6.61. The van der Waals surface area contributed by atoms with E-state index < -0.39 is 12.0 Å². The lowest BCUT2D eigenvalue weighted by molar-refractivity contribution is -0.136. The van der Waals surface area contributed by atoms with Crippen molar-refractivity contribution in [1.29, 1.82) is 0 Å². The first kappa shape index (κ1) is 21.7. The maximum atomic E-state index is 12.7. The van der Waals surface area contributed by atoms with E-state index in [0.717, 1.165) is 43.2 Å². The molecule has 2 aromatic carbocycles. The van der Waals surface area contributed by atoms with Gasteiger partial charge in [-0.05, 0) is 17.7 Å². The number of anilines is 1. The summed E-state index contributed by atoms with van der Waals surface area (Å²) in [5.74, 6) is 0.388. The lowest BCUT2D eigenvalue weighted by atomic mass is 9.95. The van der Waals surface area contributed by atoms with E-state index in [1.807, 2.05) is 48.5 Å². The van der Waals surface area contributed by atoms with Crippen molar-refractivity contribution in [3.05, 3.63) is 71.4 Å². The van der Waals surface area contributed by atoms with Gasteiger partial charge in [0.25, 0.3) is 0 Å². The average Bonchev–Trinajstić information content (AvgIpc) is 2.84. The third-order valence-electron chi connectivity index (χ3n) is 5.86. The molecule has 0 radical (unpaired) electrons. The molecule has 4 rings (SSSR count). The van der Waals surface area contributed by atoms with Gasteiger partial charge in [0.2, 0.25) is 0 Å². The van der Waals surface area contributed by atoms with Gasteiger partial charge in [0.1, 0.15) is 5.75 Å². The van der Waals surface area contributed by atoms with Crippen LogP contribution in [0.4, 0.5) is 10.5 Å². The Morgan fingerprint density at radius 3 is 2.47 bits per heavy atom. The first-order chi connectivity index (χ1) is 15.6. The molecule has 8 heteroatoms. The van der Waals surface area contributed by atoms with Crippen molar-refractivity contribution in [2.75, 3.05) is 51.8 Å². The quantitative estimate of drug-likeness (QED) is 0.677. The highest BCUT2D eigenvalue weighted by molar-refractivity contribution is 5.95. The number of amides is 2. The van der Waals surface area contributed by atoms with Crippen LogP contribution in [0.15, 0.2) is 65.9 Å². The molecule has 168 valence electrons. The number of nitrogens with zero attached hydrogens (tertiary/aromatic N) is 2. The molecule has 2 aliphatic rings. The molecule has 1 saturated heterocycles. The lowest BCUT2D eigenvalue weighted by Crippen LogP contribution is -2.51. The van der Waals surface area contributed by atoms with Gasteiger partial charge < -0.3 is 25.0 Å². The third kappa shape index (κ3) is 4.70. The van der Waals surface area contributed by atoms with Gasteiger partial charge in [-0.2, -0.15) is 0 Å². The molecule has 0 saturated carbocycles. The number of hydrogen-bond donors (Lipinski definition) is 2. The van der Waals surface area contributed by atoms with E-state index in [-0.39, 0.29) is 6.03 Å². The van der Waals surface area contributed by atoms with Crippen LogP contribution in [0, 0.1) is 0 Å². The minimum Gasteiger partial charge on any atom is -0.497 e. The molecule has 0 unspecified atom stereocenters. The number of methoxy groups -OCH3 is 2. The summed E-state index contributed by atoms with van der Waals surface area (Å²) < 4.78 is 10.4. The summed E-state index contributed by atoms with van der Waals surface area (Å²) in [6.07, 6.45) is 0. The summed E-state index contributed by atoms with van der Waals surface area (Å²) in [6.45, 7) is 3.74. The fraction of sp³-hybridized carbons (Fsp3) is 0.333. The number of carbonyl (C=O) groups is 2. The summed E-state index contributed by atoms with van der Waals surface area (Å²) in [7, 11) is 3.03. The number of esters is 1. The molecule has 1 atom stereocenters. The zero-order valence-corrected chi connectivity index (χ0v) is 18.3. The molecule has 0 bridgehead atoms. The molecule has 0 aliphatic carbocycles. The van der Waals surface area contributed by atoms with Gasteiger partial charge in [-0.15, -0.1) is 0 Å². The second kappa shape index (κ2) is 9.74. The Bertz CT molecular complexity index is 1000. The lowest BCUT2D eigenvalue weighted by Gasteiger charge is -2.38. The normalized spacial score (nSPS) is 19.2. The Hall–Kier alpha value is -3.52. The number of nitrogens with one attached hydrogen (secondary N) is 2. The third-order valence-corrected chi connectivity index (χ3v) is 5.86. The van der Waals surface area contributed by atoms with Gasteiger partial charge in [0, 0.05) is 50.2 Å². The van der Waals surface area contributed by atoms with E-state index in [9.17, 15) is 9.59 Å². The standard InChI is InChI=1S/C24H28N4O4/c1-31-19-10-6-9-18(15-19)28-13-11-27(12-14-28)16-20-21(23(29)32-2)22(26-24(30)25-20)17-7-4-3-5-8-17/h3-10,15,22H,11-14,16H2,1-2H3,(H2,25,26,30)/t22-/m0/s1. The van der Waals surface area contributed by atoms with Crippen LogP contribution in [-0.2, 0) is 9.53 Å². The molecule has 2 aromatic rings. The zero-order valence-electron chi connectivity index (χ0n) is 18.3. The van der Waals surface area contributed by atoms with Gasteiger partial charge in [-0.3, -0.25) is 4.90 Å². The van der Waals surface area contributed by atoms with E-state index in [2.05, 4.69) is 26.5 Å². The Balaban J connectivity index is 1.51. The minimum absolute atomic E-state index is 0.323. The van der Waals surface area contributed by atoms with Crippen molar-refractivity contribution < 1.29 is 19.1 Å². The topological polar surface area (TPSA) is 83.1 Å². The maximum Gasteiger partial charge on any atom is 0.338 e. The molecule has 2 N–H and O–H groups in total. The smallest absolute Gasteiger partial charge is 0.338 e. The highest BCUT2D eigenvalue weighted by atomic mass is 16.5. The number of rotatable bonds is 6. The van der Waals surface area contributed by atoms with Crippen LogP contribution in [-0.4, -0.2) is 63.8 Å². The van der Waals surface area contributed by atoms with Crippen LogP contribution in [0.2, 0.25) is 0 Å². The molecule has 2 amide bonds. The summed E-state index contributed by atoms with van der Waals surface area (Å²) >= 11 is 0.